The number of carbonyl (C=O) groups is 1. The van der Waals surface area contributed by atoms with Crippen LogP contribution in [0.15, 0.2) is 91.8 Å². The molecule has 1 fully saturated rings. The average molecular weight is 614 g/mol. The highest BCUT2D eigenvalue weighted by atomic mass is 16.2. The first kappa shape index (κ1) is 30.2. The molecule has 1 aliphatic rings. The van der Waals surface area contributed by atoms with Crippen LogP contribution in [0.3, 0.4) is 0 Å². The van der Waals surface area contributed by atoms with Crippen LogP contribution in [0.4, 0.5) is 22.4 Å². The van der Waals surface area contributed by atoms with E-state index in [9.17, 15) is 10.1 Å². The number of aryl methyl sites for hydroxylation is 1. The van der Waals surface area contributed by atoms with Crippen LogP contribution >= 0.6 is 0 Å². The van der Waals surface area contributed by atoms with E-state index in [0.717, 1.165) is 47.9 Å². The van der Waals surface area contributed by atoms with E-state index in [-0.39, 0.29) is 18.1 Å². The maximum Gasteiger partial charge on any atom is 0.323 e. The zero-order chi connectivity index (χ0) is 31.7. The molecule has 0 aliphatic heterocycles. The van der Waals surface area contributed by atoms with Crippen LogP contribution in [0.5, 0.6) is 0 Å². The summed E-state index contributed by atoms with van der Waals surface area (Å²) in [4.78, 5) is 33.3. The highest BCUT2D eigenvalue weighted by Gasteiger charge is 2.31. The van der Waals surface area contributed by atoms with Gasteiger partial charge in [0, 0.05) is 68.1 Å². The lowest BCUT2D eigenvalue weighted by molar-refractivity contribution is 0.240. The monoisotopic (exact) mass is 613 g/mol. The summed E-state index contributed by atoms with van der Waals surface area (Å²) in [7, 11) is 1.88. The largest absolute Gasteiger partial charge is 0.365 e. The number of nitriles is 1. The molecule has 12 nitrogen and oxygen atoms in total. The van der Waals surface area contributed by atoms with Gasteiger partial charge in [0.05, 0.1) is 12.4 Å². The number of benzene rings is 1. The first-order chi connectivity index (χ1) is 22.6. The molecule has 12 heteroatoms. The van der Waals surface area contributed by atoms with Gasteiger partial charge in [-0.05, 0) is 55.0 Å². The standard InChI is InChI=1S/C34H35N11O/c1-44-23-28(22-41-44)26-9-14-31(37-20-26)45(34(46)40-18-24-6-3-2-4-7-24)30-12-10-29(11-13-30)42-33-39-21-27(16-35)32(43-33)38-19-25-8-5-15-36-17-25/h2-9,14-15,17,20-23,29-30H,10-13,18-19H2,1H3,(H,40,46)(H2,38,39,42,43)/t29-,30-. The van der Waals surface area contributed by atoms with Gasteiger partial charge in [0.2, 0.25) is 5.95 Å². The molecule has 1 aromatic carbocycles. The Morgan fingerprint density at radius 3 is 2.46 bits per heavy atom. The van der Waals surface area contributed by atoms with Crippen LogP contribution < -0.4 is 20.9 Å². The van der Waals surface area contributed by atoms with E-state index in [2.05, 4.69) is 42.1 Å². The lowest BCUT2D eigenvalue weighted by Crippen LogP contribution is -2.49. The Labute approximate surface area is 267 Å². The van der Waals surface area contributed by atoms with Crippen LogP contribution in [0.1, 0.15) is 42.4 Å². The van der Waals surface area contributed by atoms with Gasteiger partial charge < -0.3 is 16.0 Å². The number of pyridine rings is 2. The molecule has 0 atom stereocenters. The summed E-state index contributed by atoms with van der Waals surface area (Å²) < 4.78 is 1.75. The van der Waals surface area contributed by atoms with Crippen molar-refractivity contribution in [2.75, 3.05) is 15.5 Å². The molecule has 0 spiro atoms. The Morgan fingerprint density at radius 2 is 1.76 bits per heavy atom. The van der Waals surface area contributed by atoms with Gasteiger partial charge in [-0.15, -0.1) is 0 Å². The minimum absolute atomic E-state index is 0.0378. The van der Waals surface area contributed by atoms with Gasteiger partial charge in [-0.1, -0.05) is 36.4 Å². The van der Waals surface area contributed by atoms with Gasteiger partial charge in [-0.25, -0.2) is 14.8 Å². The molecule has 3 N–H and O–H groups in total. The second-order valence-corrected chi connectivity index (χ2v) is 11.3. The van der Waals surface area contributed by atoms with Crippen LogP contribution in [0.25, 0.3) is 11.1 Å². The zero-order valence-corrected chi connectivity index (χ0v) is 25.5. The van der Waals surface area contributed by atoms with E-state index in [1.165, 1.54) is 6.20 Å². The molecule has 6 rings (SSSR count). The van der Waals surface area contributed by atoms with Gasteiger partial charge in [0.15, 0.2) is 0 Å². The fraction of sp³-hybridized carbons (Fsp3) is 0.265. The Balaban J connectivity index is 1.13. The summed E-state index contributed by atoms with van der Waals surface area (Å²) in [6.07, 6.45) is 13.7. The van der Waals surface area contributed by atoms with Crippen LogP contribution in [-0.4, -0.2) is 47.8 Å². The smallest absolute Gasteiger partial charge is 0.323 e. The maximum absolute atomic E-state index is 13.7. The second-order valence-electron chi connectivity index (χ2n) is 11.3. The summed E-state index contributed by atoms with van der Waals surface area (Å²) >= 11 is 0. The van der Waals surface area contributed by atoms with Crippen molar-refractivity contribution in [3.05, 3.63) is 108 Å². The van der Waals surface area contributed by atoms with Crippen molar-refractivity contribution >= 4 is 23.6 Å². The molecule has 46 heavy (non-hydrogen) atoms. The third kappa shape index (κ3) is 7.44. The topological polar surface area (TPSA) is 150 Å². The average Bonchev–Trinajstić information content (AvgIpc) is 3.54. The minimum atomic E-state index is -0.179. The lowest BCUT2D eigenvalue weighted by Gasteiger charge is -2.36. The number of carbonyl (C=O) groups excluding carboxylic acids is 1. The summed E-state index contributed by atoms with van der Waals surface area (Å²) in [5, 5.41) is 23.6. The molecule has 1 aliphatic carbocycles. The number of urea groups is 1. The third-order valence-electron chi connectivity index (χ3n) is 8.03. The van der Waals surface area contributed by atoms with Crippen molar-refractivity contribution in [3.8, 4) is 17.2 Å². The summed E-state index contributed by atoms with van der Waals surface area (Å²) in [6, 6.07) is 19.6. The van der Waals surface area contributed by atoms with Gasteiger partial charge >= 0.3 is 6.03 Å². The van der Waals surface area contributed by atoms with Crippen molar-refractivity contribution < 1.29 is 4.79 Å². The van der Waals surface area contributed by atoms with Crippen molar-refractivity contribution in [2.24, 2.45) is 7.05 Å². The number of nitrogens with zero attached hydrogens (tertiary/aromatic N) is 8. The number of rotatable bonds is 10. The van der Waals surface area contributed by atoms with Crippen molar-refractivity contribution in [3.63, 3.8) is 0 Å². The molecule has 2 amide bonds. The van der Waals surface area contributed by atoms with E-state index in [4.69, 9.17) is 4.98 Å². The minimum Gasteiger partial charge on any atom is -0.365 e. The van der Waals surface area contributed by atoms with E-state index in [1.54, 1.807) is 34.4 Å². The number of aromatic nitrogens is 6. The number of nitrogens with one attached hydrogen (secondary N) is 3. The molecular formula is C34H35N11O. The van der Waals surface area contributed by atoms with Gasteiger partial charge in [-0.2, -0.15) is 15.3 Å². The third-order valence-corrected chi connectivity index (χ3v) is 8.03. The highest BCUT2D eigenvalue weighted by molar-refractivity contribution is 5.91. The van der Waals surface area contributed by atoms with Gasteiger partial charge in [0.25, 0.3) is 0 Å². The highest BCUT2D eigenvalue weighted by Crippen LogP contribution is 2.30. The lowest BCUT2D eigenvalue weighted by atomic mass is 9.90. The molecule has 0 bridgehead atoms. The van der Waals surface area contributed by atoms with Crippen LogP contribution in [0, 0.1) is 11.3 Å². The van der Waals surface area contributed by atoms with Crippen molar-refractivity contribution in [1.29, 1.82) is 5.26 Å². The molecule has 1 saturated carbocycles. The molecule has 0 unspecified atom stereocenters. The van der Waals surface area contributed by atoms with E-state index in [1.807, 2.05) is 67.8 Å². The van der Waals surface area contributed by atoms with Crippen molar-refractivity contribution in [1.82, 2.24) is 35.0 Å². The Hall–Kier alpha value is -5.83. The SMILES string of the molecule is Cn1cc(-c2ccc(N(C(=O)NCc3ccccc3)[C@H]3CC[C@H](Nc4ncc(C#N)c(NCc5cccnc5)n4)CC3)nc2)cn1. The Morgan fingerprint density at radius 1 is 0.935 bits per heavy atom. The number of amides is 2. The number of hydrogen-bond acceptors (Lipinski definition) is 9. The van der Waals surface area contributed by atoms with Crippen LogP contribution in [0.2, 0.25) is 0 Å². The summed E-state index contributed by atoms with van der Waals surface area (Å²) in [6.45, 7) is 0.914. The number of hydrogen-bond donors (Lipinski definition) is 3. The Bertz CT molecular complexity index is 1780. The molecule has 4 aromatic heterocycles. The van der Waals surface area contributed by atoms with Crippen molar-refractivity contribution in [2.45, 2.75) is 50.9 Å². The van der Waals surface area contributed by atoms with E-state index in [0.29, 0.717) is 36.2 Å². The predicted molar refractivity (Wildman–Crippen MR) is 176 cm³/mol. The second kappa shape index (κ2) is 14.3. The fourth-order valence-electron chi connectivity index (χ4n) is 5.60. The van der Waals surface area contributed by atoms with E-state index < -0.39 is 0 Å². The molecule has 4 heterocycles. The first-order valence-corrected chi connectivity index (χ1v) is 15.3. The number of anilines is 3. The quantitative estimate of drug-likeness (QED) is 0.191. The molecule has 0 radical (unpaired) electrons. The normalized spacial score (nSPS) is 15.8. The van der Waals surface area contributed by atoms with Crippen LogP contribution in [-0.2, 0) is 20.1 Å². The molecule has 5 aromatic rings. The predicted octanol–water partition coefficient (Wildman–Crippen LogP) is 5.29. The zero-order valence-electron chi connectivity index (χ0n) is 25.5. The summed E-state index contributed by atoms with van der Waals surface area (Å²) in [5.74, 6) is 1.54. The summed E-state index contributed by atoms with van der Waals surface area (Å²) in [5.41, 5.74) is 4.29. The molecular weight excluding hydrogens is 578 g/mol. The van der Waals surface area contributed by atoms with Gasteiger partial charge in [-0.3, -0.25) is 14.6 Å². The Kier molecular flexibility index (Phi) is 9.39. The first-order valence-electron chi connectivity index (χ1n) is 15.3. The van der Waals surface area contributed by atoms with Gasteiger partial charge in [0.1, 0.15) is 23.3 Å². The molecule has 232 valence electrons. The fourth-order valence-corrected chi connectivity index (χ4v) is 5.60. The van der Waals surface area contributed by atoms with E-state index >= 15 is 0 Å². The maximum atomic E-state index is 13.7. The molecule has 0 saturated heterocycles.